The van der Waals surface area contributed by atoms with Gasteiger partial charge in [-0.15, -0.1) is 0 Å². The highest BCUT2D eigenvalue weighted by Crippen LogP contribution is 2.40. The number of aliphatic hydroxyl groups excluding tert-OH is 1. The van der Waals surface area contributed by atoms with E-state index in [0.29, 0.717) is 43.5 Å². The largest absolute Gasteiger partial charge is 0.478 e. The number of amides is 1. The van der Waals surface area contributed by atoms with E-state index in [1.165, 1.54) is 43.5 Å². The highest BCUT2D eigenvalue weighted by molar-refractivity contribution is 6.04. The van der Waals surface area contributed by atoms with Crippen molar-refractivity contribution in [1.29, 1.82) is 0 Å². The van der Waals surface area contributed by atoms with E-state index in [1.807, 2.05) is 19.9 Å². The topological polar surface area (TPSA) is 93.6 Å². The molecule has 7 nitrogen and oxygen atoms in total. The minimum absolute atomic E-state index is 0.102. The second-order valence-electron chi connectivity index (χ2n) is 9.27. The molecular formula is C29H31F2N3O4. The second kappa shape index (κ2) is 11.4. The summed E-state index contributed by atoms with van der Waals surface area (Å²) < 4.78 is 40.0. The van der Waals surface area contributed by atoms with Gasteiger partial charge < -0.3 is 19.9 Å². The average molecular weight is 524 g/mol. The number of ether oxygens (including phenoxy) is 2. The fourth-order valence-electron chi connectivity index (χ4n) is 4.53. The number of hydrogen-bond acceptors (Lipinski definition) is 6. The second-order valence-corrected chi connectivity index (χ2v) is 9.27. The number of nitrogens with one attached hydrogen (secondary N) is 1. The van der Waals surface area contributed by atoms with E-state index in [0.717, 1.165) is 22.8 Å². The smallest absolute Gasteiger partial charge is 0.291 e. The van der Waals surface area contributed by atoms with Crippen molar-refractivity contribution in [2.24, 2.45) is 0 Å². The van der Waals surface area contributed by atoms with Crippen LogP contribution in [0.4, 0.5) is 14.5 Å². The number of carbonyl (C=O) groups excluding carboxylic acids is 1. The zero-order chi connectivity index (χ0) is 27.3. The summed E-state index contributed by atoms with van der Waals surface area (Å²) in [7, 11) is 0. The predicted octanol–water partition coefficient (Wildman–Crippen LogP) is 5.42. The molecule has 0 bridgehead atoms. The number of aryl methyl sites for hydroxylation is 1. The number of alkyl halides is 2. The van der Waals surface area contributed by atoms with Crippen molar-refractivity contribution in [2.45, 2.75) is 38.5 Å². The van der Waals surface area contributed by atoms with Crippen molar-refractivity contribution >= 4 is 11.6 Å². The van der Waals surface area contributed by atoms with E-state index < -0.39 is 17.2 Å². The van der Waals surface area contributed by atoms with Gasteiger partial charge in [0, 0.05) is 51.7 Å². The van der Waals surface area contributed by atoms with Gasteiger partial charge in [-0.3, -0.25) is 9.78 Å². The molecule has 0 spiro atoms. The monoisotopic (exact) mass is 523 g/mol. The van der Waals surface area contributed by atoms with Crippen LogP contribution in [0.25, 0.3) is 11.1 Å². The maximum Gasteiger partial charge on any atom is 0.291 e. The van der Waals surface area contributed by atoms with Crippen molar-refractivity contribution < 1.29 is 28.2 Å². The summed E-state index contributed by atoms with van der Waals surface area (Å²) >= 11 is 0. The van der Waals surface area contributed by atoms with Crippen molar-refractivity contribution in [3.05, 3.63) is 83.3 Å². The molecule has 1 aliphatic rings. The zero-order valence-electron chi connectivity index (χ0n) is 21.6. The third-order valence-corrected chi connectivity index (χ3v) is 6.65. The van der Waals surface area contributed by atoms with Crippen LogP contribution in [0.1, 0.15) is 47.4 Å². The van der Waals surface area contributed by atoms with Crippen LogP contribution in [0.5, 0.6) is 5.88 Å². The fraction of sp³-hybridized carbons (Fsp3) is 0.345. The number of benzene rings is 1. The molecule has 1 aromatic carbocycles. The highest BCUT2D eigenvalue weighted by Gasteiger charge is 2.39. The molecule has 3 heterocycles. The number of hydrogen-bond donors (Lipinski definition) is 2. The number of halogens is 2. The first kappa shape index (κ1) is 27.3. The van der Waals surface area contributed by atoms with Gasteiger partial charge >= 0.3 is 0 Å². The molecule has 38 heavy (non-hydrogen) atoms. The maximum atomic E-state index is 14.3. The standard InChI is InChI=1S/C29H31F2N3O4/c1-4-9-29(30,31)22-8-6-7-20(12-22)26(36)34-23-14-24(19(3)32-16-23)21-13-25(27(33-15-21)38-5-2)28(17-35)10-11-37-18-28/h4,6-9,12-16,35H,5,10-11,17-18H2,1-3H3,(H,34,36)/b9-4+. The predicted molar refractivity (Wildman–Crippen MR) is 141 cm³/mol. The summed E-state index contributed by atoms with van der Waals surface area (Å²) in [6.45, 7) is 6.41. The Kier molecular flexibility index (Phi) is 8.18. The van der Waals surface area contributed by atoms with Gasteiger partial charge in [0.05, 0.1) is 31.7 Å². The van der Waals surface area contributed by atoms with Gasteiger partial charge in [-0.2, -0.15) is 8.78 Å². The highest BCUT2D eigenvalue weighted by atomic mass is 19.3. The number of allylic oxidation sites excluding steroid dienone is 2. The van der Waals surface area contributed by atoms with E-state index in [1.54, 1.807) is 12.3 Å². The molecule has 2 N–H and O–H groups in total. The lowest BCUT2D eigenvalue weighted by atomic mass is 9.80. The van der Waals surface area contributed by atoms with Gasteiger partial charge in [-0.25, -0.2) is 4.98 Å². The summed E-state index contributed by atoms with van der Waals surface area (Å²) in [5.74, 6) is -3.27. The van der Waals surface area contributed by atoms with Gasteiger partial charge in [0.25, 0.3) is 11.8 Å². The number of rotatable bonds is 9. The lowest BCUT2D eigenvalue weighted by Crippen LogP contribution is -2.32. The summed E-state index contributed by atoms with van der Waals surface area (Å²) in [5.41, 5.74) is 2.52. The average Bonchev–Trinajstić information content (AvgIpc) is 3.41. The Morgan fingerprint density at radius 1 is 1.26 bits per heavy atom. The minimum Gasteiger partial charge on any atom is -0.478 e. The quantitative estimate of drug-likeness (QED) is 0.364. The Morgan fingerprint density at radius 2 is 2.08 bits per heavy atom. The van der Waals surface area contributed by atoms with Gasteiger partial charge in [0.1, 0.15) is 0 Å². The van der Waals surface area contributed by atoms with Crippen LogP contribution < -0.4 is 10.1 Å². The molecule has 1 saturated heterocycles. The third kappa shape index (κ3) is 5.58. The van der Waals surface area contributed by atoms with Crippen LogP contribution in [0.15, 0.2) is 60.9 Å². The molecule has 200 valence electrons. The lowest BCUT2D eigenvalue weighted by Gasteiger charge is -2.27. The molecule has 9 heteroatoms. The van der Waals surface area contributed by atoms with Gasteiger partial charge in [0.2, 0.25) is 5.88 Å². The van der Waals surface area contributed by atoms with Crippen LogP contribution in [0.3, 0.4) is 0 Å². The summed E-state index contributed by atoms with van der Waals surface area (Å²) in [6.07, 6.45) is 5.87. The van der Waals surface area contributed by atoms with Crippen molar-refractivity contribution in [3.8, 4) is 17.0 Å². The van der Waals surface area contributed by atoms with E-state index >= 15 is 0 Å². The van der Waals surface area contributed by atoms with E-state index in [2.05, 4.69) is 15.3 Å². The molecule has 1 unspecified atom stereocenters. The van der Waals surface area contributed by atoms with Crippen LogP contribution in [0, 0.1) is 6.92 Å². The molecule has 4 rings (SSSR count). The number of aromatic nitrogens is 2. The van der Waals surface area contributed by atoms with Crippen LogP contribution in [-0.4, -0.2) is 47.4 Å². The fourth-order valence-corrected chi connectivity index (χ4v) is 4.53. The minimum atomic E-state index is -3.18. The first-order valence-corrected chi connectivity index (χ1v) is 12.5. The molecule has 2 aromatic heterocycles. The van der Waals surface area contributed by atoms with Crippen LogP contribution in [0.2, 0.25) is 0 Å². The Morgan fingerprint density at radius 3 is 2.76 bits per heavy atom. The number of carbonyl (C=O) groups is 1. The number of anilines is 1. The number of nitrogens with zero attached hydrogens (tertiary/aromatic N) is 2. The van der Waals surface area contributed by atoms with Crippen LogP contribution in [-0.2, 0) is 16.1 Å². The first-order chi connectivity index (χ1) is 18.2. The number of aliphatic hydroxyl groups is 1. The molecule has 0 aliphatic carbocycles. The molecule has 1 amide bonds. The lowest BCUT2D eigenvalue weighted by molar-refractivity contribution is 0.0519. The Bertz CT molecular complexity index is 1340. The van der Waals surface area contributed by atoms with Crippen molar-refractivity contribution in [2.75, 3.05) is 31.7 Å². The van der Waals surface area contributed by atoms with Crippen molar-refractivity contribution in [3.63, 3.8) is 0 Å². The summed E-state index contributed by atoms with van der Waals surface area (Å²) in [6, 6.07) is 9.05. The first-order valence-electron chi connectivity index (χ1n) is 12.5. The Hall–Kier alpha value is -3.69. The molecule has 0 saturated carbocycles. The Balaban J connectivity index is 1.66. The maximum absolute atomic E-state index is 14.3. The van der Waals surface area contributed by atoms with E-state index in [-0.39, 0.29) is 17.7 Å². The molecule has 3 aromatic rings. The third-order valence-electron chi connectivity index (χ3n) is 6.65. The van der Waals surface area contributed by atoms with Crippen molar-refractivity contribution in [1.82, 2.24) is 9.97 Å². The molecule has 0 radical (unpaired) electrons. The Labute approximate surface area is 220 Å². The normalized spacial score (nSPS) is 17.6. The SMILES string of the molecule is C/C=C/C(F)(F)c1cccc(C(=O)Nc2cnc(C)c(-c3cnc(OCC)c(C4(CO)CCOC4)c3)c2)c1. The van der Waals surface area contributed by atoms with Crippen LogP contribution >= 0.6 is 0 Å². The van der Waals surface area contributed by atoms with E-state index in [9.17, 15) is 18.7 Å². The van der Waals surface area contributed by atoms with E-state index in [4.69, 9.17) is 9.47 Å². The van der Waals surface area contributed by atoms with Gasteiger partial charge in [0.15, 0.2) is 0 Å². The van der Waals surface area contributed by atoms with Gasteiger partial charge in [-0.05, 0) is 57.5 Å². The zero-order valence-corrected chi connectivity index (χ0v) is 21.6. The summed E-state index contributed by atoms with van der Waals surface area (Å²) in [4.78, 5) is 21.9. The molecule has 1 atom stereocenters. The van der Waals surface area contributed by atoms with Gasteiger partial charge in [-0.1, -0.05) is 18.2 Å². The molecule has 1 fully saturated rings. The molecule has 1 aliphatic heterocycles. The molecular weight excluding hydrogens is 492 g/mol. The summed E-state index contributed by atoms with van der Waals surface area (Å²) in [5, 5.41) is 13.0. The number of pyridine rings is 2.